The molecule has 0 saturated carbocycles. The second-order valence-corrected chi connectivity index (χ2v) is 6.38. The topological polar surface area (TPSA) is 59.1 Å². The van der Waals surface area contributed by atoms with E-state index in [4.69, 9.17) is 9.47 Å². The number of methoxy groups -OCH3 is 1. The first-order chi connectivity index (χ1) is 12.6. The number of carbonyl (C=O) groups excluding carboxylic acids is 2. The molecule has 2 fully saturated rings. The zero-order chi connectivity index (χ0) is 18.5. The third-order valence-corrected chi connectivity index (χ3v) is 4.70. The van der Waals surface area contributed by atoms with Gasteiger partial charge >= 0.3 is 0 Å². The molecule has 140 valence electrons. The fraction of sp³-hybridized carbons (Fsp3) is 0.474. The number of hydrogen-bond acceptors (Lipinski definition) is 4. The SMILES string of the molecule is COc1ccc(C=CC(=O)N2CCN(C(=O)C3CCCO3)CC2)cc1F. The largest absolute Gasteiger partial charge is 0.494 e. The fourth-order valence-corrected chi connectivity index (χ4v) is 3.18. The minimum atomic E-state index is -0.469. The molecule has 2 heterocycles. The number of halogens is 1. The molecule has 26 heavy (non-hydrogen) atoms. The van der Waals surface area contributed by atoms with Crippen molar-refractivity contribution in [1.29, 1.82) is 0 Å². The minimum Gasteiger partial charge on any atom is -0.494 e. The van der Waals surface area contributed by atoms with Gasteiger partial charge in [-0.1, -0.05) is 6.07 Å². The number of benzene rings is 1. The second kappa shape index (κ2) is 8.31. The van der Waals surface area contributed by atoms with E-state index in [2.05, 4.69) is 0 Å². The van der Waals surface area contributed by atoms with Gasteiger partial charge in [-0.15, -0.1) is 0 Å². The summed E-state index contributed by atoms with van der Waals surface area (Å²) in [7, 11) is 1.40. The van der Waals surface area contributed by atoms with Crippen molar-refractivity contribution < 1.29 is 23.5 Å². The smallest absolute Gasteiger partial charge is 0.251 e. The molecular formula is C19H23FN2O4. The van der Waals surface area contributed by atoms with Crippen molar-refractivity contribution in [2.75, 3.05) is 39.9 Å². The summed E-state index contributed by atoms with van der Waals surface area (Å²) >= 11 is 0. The predicted molar refractivity (Wildman–Crippen MR) is 94.1 cm³/mol. The molecule has 2 aliphatic heterocycles. The van der Waals surface area contributed by atoms with Crippen LogP contribution in [0.15, 0.2) is 24.3 Å². The number of carbonyl (C=O) groups is 2. The average Bonchev–Trinajstić information content (AvgIpc) is 3.20. The van der Waals surface area contributed by atoms with Crippen LogP contribution in [-0.4, -0.2) is 67.6 Å². The normalized spacial score (nSPS) is 20.6. The lowest BCUT2D eigenvalue weighted by atomic mass is 10.2. The summed E-state index contributed by atoms with van der Waals surface area (Å²) in [6.07, 6.45) is 4.39. The molecule has 3 rings (SSSR count). The van der Waals surface area contributed by atoms with Gasteiger partial charge in [-0.3, -0.25) is 9.59 Å². The van der Waals surface area contributed by atoms with Crippen LogP contribution in [0.3, 0.4) is 0 Å². The van der Waals surface area contributed by atoms with E-state index in [1.165, 1.54) is 25.3 Å². The molecule has 0 radical (unpaired) electrons. The Morgan fingerprint density at radius 2 is 1.96 bits per heavy atom. The van der Waals surface area contributed by atoms with Crippen molar-refractivity contribution in [1.82, 2.24) is 9.80 Å². The summed E-state index contributed by atoms with van der Waals surface area (Å²) in [4.78, 5) is 28.1. The number of rotatable bonds is 4. The molecule has 7 heteroatoms. The highest BCUT2D eigenvalue weighted by Gasteiger charge is 2.30. The van der Waals surface area contributed by atoms with Gasteiger partial charge in [0.25, 0.3) is 5.91 Å². The summed E-state index contributed by atoms with van der Waals surface area (Å²) in [5.41, 5.74) is 0.587. The van der Waals surface area contributed by atoms with Crippen molar-refractivity contribution in [3.8, 4) is 5.75 Å². The summed E-state index contributed by atoms with van der Waals surface area (Å²) in [6.45, 7) is 2.63. The molecule has 1 atom stereocenters. The molecule has 0 bridgehead atoms. The second-order valence-electron chi connectivity index (χ2n) is 6.38. The van der Waals surface area contributed by atoms with Crippen molar-refractivity contribution in [3.05, 3.63) is 35.7 Å². The maximum Gasteiger partial charge on any atom is 0.251 e. The summed E-state index contributed by atoms with van der Waals surface area (Å²) < 4.78 is 24.0. The highest BCUT2D eigenvalue weighted by atomic mass is 19.1. The van der Waals surface area contributed by atoms with Crippen LogP contribution in [-0.2, 0) is 14.3 Å². The number of ether oxygens (including phenoxy) is 2. The summed E-state index contributed by atoms with van der Waals surface area (Å²) in [6, 6.07) is 4.53. The van der Waals surface area contributed by atoms with E-state index in [9.17, 15) is 14.0 Å². The van der Waals surface area contributed by atoms with Crippen LogP contribution in [0.2, 0.25) is 0 Å². The fourth-order valence-electron chi connectivity index (χ4n) is 3.18. The first-order valence-corrected chi connectivity index (χ1v) is 8.79. The van der Waals surface area contributed by atoms with E-state index in [1.807, 2.05) is 0 Å². The molecule has 2 aliphatic rings. The quantitative estimate of drug-likeness (QED) is 0.765. The van der Waals surface area contributed by atoms with Gasteiger partial charge in [-0.2, -0.15) is 0 Å². The molecule has 0 aromatic heterocycles. The maximum atomic E-state index is 13.7. The van der Waals surface area contributed by atoms with Crippen LogP contribution in [0.4, 0.5) is 4.39 Å². The Balaban J connectivity index is 1.51. The minimum absolute atomic E-state index is 0.0267. The lowest BCUT2D eigenvalue weighted by Gasteiger charge is -2.35. The Bertz CT molecular complexity index is 693. The van der Waals surface area contributed by atoms with Crippen LogP contribution in [0.5, 0.6) is 5.75 Å². The molecule has 0 aliphatic carbocycles. The van der Waals surface area contributed by atoms with E-state index in [-0.39, 0.29) is 23.7 Å². The first kappa shape index (κ1) is 18.4. The van der Waals surface area contributed by atoms with Crippen molar-refractivity contribution >= 4 is 17.9 Å². The van der Waals surface area contributed by atoms with E-state index in [1.54, 1.807) is 21.9 Å². The molecule has 2 saturated heterocycles. The molecule has 0 spiro atoms. The number of amides is 2. The number of nitrogens with zero attached hydrogens (tertiary/aromatic N) is 2. The van der Waals surface area contributed by atoms with Crippen LogP contribution >= 0.6 is 0 Å². The Morgan fingerprint density at radius 3 is 2.58 bits per heavy atom. The molecule has 2 amide bonds. The lowest BCUT2D eigenvalue weighted by Crippen LogP contribution is -2.52. The van der Waals surface area contributed by atoms with E-state index >= 15 is 0 Å². The van der Waals surface area contributed by atoms with Gasteiger partial charge in [0, 0.05) is 38.9 Å². The van der Waals surface area contributed by atoms with Gasteiger partial charge in [0.05, 0.1) is 7.11 Å². The summed E-state index contributed by atoms with van der Waals surface area (Å²) in [5.74, 6) is -0.423. The predicted octanol–water partition coefficient (Wildman–Crippen LogP) is 1.70. The van der Waals surface area contributed by atoms with Gasteiger partial charge in [-0.25, -0.2) is 4.39 Å². The van der Waals surface area contributed by atoms with Crippen LogP contribution in [0.25, 0.3) is 6.08 Å². The molecule has 1 aromatic rings. The van der Waals surface area contributed by atoms with Gasteiger partial charge < -0.3 is 19.3 Å². The monoisotopic (exact) mass is 362 g/mol. The Labute approximate surface area is 152 Å². The van der Waals surface area contributed by atoms with E-state index in [0.717, 1.165) is 12.8 Å². The Hall–Kier alpha value is -2.41. The zero-order valence-corrected chi connectivity index (χ0v) is 14.8. The third-order valence-electron chi connectivity index (χ3n) is 4.70. The van der Waals surface area contributed by atoms with Crippen LogP contribution < -0.4 is 4.74 Å². The first-order valence-electron chi connectivity index (χ1n) is 8.79. The molecular weight excluding hydrogens is 339 g/mol. The highest BCUT2D eigenvalue weighted by Crippen LogP contribution is 2.19. The maximum absolute atomic E-state index is 13.7. The van der Waals surface area contributed by atoms with Crippen molar-refractivity contribution in [2.45, 2.75) is 18.9 Å². The van der Waals surface area contributed by atoms with Gasteiger partial charge in [0.2, 0.25) is 5.91 Å². The van der Waals surface area contributed by atoms with Crippen molar-refractivity contribution in [2.24, 2.45) is 0 Å². The molecule has 0 N–H and O–H groups in total. The van der Waals surface area contributed by atoms with Crippen LogP contribution in [0.1, 0.15) is 18.4 Å². The molecule has 1 aromatic carbocycles. The lowest BCUT2D eigenvalue weighted by molar-refractivity contribution is -0.144. The Morgan fingerprint density at radius 1 is 1.23 bits per heavy atom. The number of hydrogen-bond donors (Lipinski definition) is 0. The van der Waals surface area contributed by atoms with E-state index in [0.29, 0.717) is 38.3 Å². The Kier molecular flexibility index (Phi) is 5.88. The average molecular weight is 362 g/mol. The summed E-state index contributed by atoms with van der Waals surface area (Å²) in [5, 5.41) is 0. The zero-order valence-electron chi connectivity index (χ0n) is 14.8. The van der Waals surface area contributed by atoms with Gasteiger partial charge in [0.15, 0.2) is 11.6 Å². The number of piperazine rings is 1. The van der Waals surface area contributed by atoms with Crippen molar-refractivity contribution in [3.63, 3.8) is 0 Å². The van der Waals surface area contributed by atoms with Gasteiger partial charge in [0.1, 0.15) is 6.10 Å². The van der Waals surface area contributed by atoms with E-state index < -0.39 is 5.82 Å². The highest BCUT2D eigenvalue weighted by molar-refractivity contribution is 5.92. The standard InChI is InChI=1S/C19H23FN2O4/c1-25-16-6-4-14(13-15(16)20)5-7-18(23)21-8-10-22(11-9-21)19(24)17-3-2-12-26-17/h4-7,13,17H,2-3,8-12H2,1H3. The van der Waals surface area contributed by atoms with Crippen LogP contribution in [0, 0.1) is 5.82 Å². The molecule has 1 unspecified atom stereocenters. The molecule has 6 nitrogen and oxygen atoms in total. The third kappa shape index (κ3) is 4.22. The van der Waals surface area contributed by atoms with Gasteiger partial charge in [-0.05, 0) is 36.6 Å².